The van der Waals surface area contributed by atoms with Gasteiger partial charge in [0.2, 0.25) is 0 Å². The molecule has 1 heterocycles. The Labute approximate surface area is 109 Å². The van der Waals surface area contributed by atoms with E-state index in [-0.39, 0.29) is 6.29 Å². The van der Waals surface area contributed by atoms with Crippen molar-refractivity contribution in [3.8, 4) is 0 Å². The first kappa shape index (κ1) is 13.5. The van der Waals surface area contributed by atoms with Gasteiger partial charge >= 0.3 is 0 Å². The van der Waals surface area contributed by atoms with Gasteiger partial charge in [0, 0.05) is 18.7 Å². The summed E-state index contributed by atoms with van der Waals surface area (Å²) in [4.78, 5) is 0. The van der Waals surface area contributed by atoms with Crippen LogP contribution in [0.25, 0.3) is 0 Å². The van der Waals surface area contributed by atoms with Gasteiger partial charge < -0.3 is 14.8 Å². The van der Waals surface area contributed by atoms with E-state index in [1.807, 2.05) is 0 Å². The molecule has 3 nitrogen and oxygen atoms in total. The molecule has 1 aliphatic rings. The minimum atomic E-state index is -0.165. The van der Waals surface area contributed by atoms with Gasteiger partial charge in [0.05, 0.1) is 13.2 Å². The molecule has 0 spiro atoms. The molecule has 3 heteroatoms. The van der Waals surface area contributed by atoms with Gasteiger partial charge in [-0.05, 0) is 11.0 Å². The van der Waals surface area contributed by atoms with Crippen LogP contribution in [0.15, 0.2) is 24.3 Å². The molecule has 0 bridgehead atoms. The second-order valence-corrected chi connectivity index (χ2v) is 5.98. The van der Waals surface area contributed by atoms with Gasteiger partial charge in [-0.15, -0.1) is 0 Å². The molecular formula is C15H23NO2. The molecule has 1 saturated heterocycles. The Kier molecular flexibility index (Phi) is 4.38. The van der Waals surface area contributed by atoms with Gasteiger partial charge in [0.1, 0.15) is 0 Å². The summed E-state index contributed by atoms with van der Waals surface area (Å²) in [6.07, 6.45) is -0.165. The highest BCUT2D eigenvalue weighted by atomic mass is 16.7. The van der Waals surface area contributed by atoms with Crippen LogP contribution >= 0.6 is 0 Å². The highest BCUT2D eigenvalue weighted by Gasteiger charge is 2.17. The Morgan fingerprint density at radius 3 is 2.28 bits per heavy atom. The second kappa shape index (κ2) is 5.83. The topological polar surface area (TPSA) is 30.5 Å². The second-order valence-electron chi connectivity index (χ2n) is 5.98. The van der Waals surface area contributed by atoms with Crippen molar-refractivity contribution in [3.05, 3.63) is 35.4 Å². The van der Waals surface area contributed by atoms with Crippen LogP contribution in [0.4, 0.5) is 0 Å². The number of hydrogen-bond acceptors (Lipinski definition) is 3. The molecule has 1 N–H and O–H groups in total. The molecule has 1 aromatic rings. The fraction of sp³-hybridized carbons (Fsp3) is 0.600. The van der Waals surface area contributed by atoms with Crippen molar-refractivity contribution in [1.82, 2.24) is 5.32 Å². The summed E-state index contributed by atoms with van der Waals surface area (Å²) in [5.41, 5.74) is 2.72. The van der Waals surface area contributed by atoms with E-state index in [0.717, 1.165) is 18.7 Å². The third kappa shape index (κ3) is 4.09. The molecule has 0 unspecified atom stereocenters. The van der Waals surface area contributed by atoms with Gasteiger partial charge in [-0.3, -0.25) is 0 Å². The molecule has 0 aliphatic carbocycles. The average molecular weight is 249 g/mol. The van der Waals surface area contributed by atoms with Crippen LogP contribution in [0, 0.1) is 5.41 Å². The van der Waals surface area contributed by atoms with Crippen LogP contribution in [-0.4, -0.2) is 19.8 Å². The van der Waals surface area contributed by atoms with Crippen molar-refractivity contribution in [2.75, 3.05) is 19.8 Å². The minimum Gasteiger partial charge on any atom is -0.346 e. The Morgan fingerprint density at radius 1 is 1.11 bits per heavy atom. The number of hydrogen-bond donors (Lipinski definition) is 1. The predicted molar refractivity (Wildman–Crippen MR) is 72.2 cm³/mol. The fourth-order valence-corrected chi connectivity index (χ4v) is 1.93. The van der Waals surface area contributed by atoms with E-state index in [2.05, 4.69) is 50.4 Å². The molecule has 0 amide bonds. The molecule has 0 aromatic heterocycles. The summed E-state index contributed by atoms with van der Waals surface area (Å²) in [7, 11) is 0. The van der Waals surface area contributed by atoms with Crippen LogP contribution in [-0.2, 0) is 16.0 Å². The summed E-state index contributed by atoms with van der Waals surface area (Å²) in [5, 5.41) is 3.47. The van der Waals surface area contributed by atoms with E-state index in [1.54, 1.807) is 0 Å². The van der Waals surface area contributed by atoms with Crippen LogP contribution in [0.3, 0.4) is 0 Å². The maximum absolute atomic E-state index is 5.47. The smallest absolute Gasteiger partial charge is 0.184 e. The molecular weight excluding hydrogens is 226 g/mol. The Balaban J connectivity index is 1.84. The maximum Gasteiger partial charge on any atom is 0.184 e. The normalized spacial score (nSPS) is 17.3. The van der Waals surface area contributed by atoms with Gasteiger partial charge in [0.15, 0.2) is 6.29 Å². The highest BCUT2D eigenvalue weighted by molar-refractivity contribution is 5.23. The zero-order chi connectivity index (χ0) is 13.0. The number of rotatable bonds is 4. The van der Waals surface area contributed by atoms with Crippen LogP contribution in [0.5, 0.6) is 0 Å². The first-order valence-electron chi connectivity index (χ1n) is 6.57. The van der Waals surface area contributed by atoms with Crippen molar-refractivity contribution in [3.63, 3.8) is 0 Å². The van der Waals surface area contributed by atoms with Gasteiger partial charge in [0.25, 0.3) is 0 Å². The summed E-state index contributed by atoms with van der Waals surface area (Å²) in [6.45, 7) is 10.0. The number of benzene rings is 1. The quantitative estimate of drug-likeness (QED) is 0.890. The molecule has 18 heavy (non-hydrogen) atoms. The largest absolute Gasteiger partial charge is 0.346 e. The van der Waals surface area contributed by atoms with Gasteiger partial charge in [-0.25, -0.2) is 0 Å². The Bertz CT molecular complexity index is 361. The van der Waals surface area contributed by atoms with Crippen LogP contribution < -0.4 is 5.32 Å². The lowest BCUT2D eigenvalue weighted by atomic mass is 9.97. The molecule has 0 radical (unpaired) electrons. The SMILES string of the molecule is CC(C)(C)CNCc1ccc(C2OCCO2)cc1. The highest BCUT2D eigenvalue weighted by Crippen LogP contribution is 2.23. The molecule has 0 atom stereocenters. The van der Waals surface area contributed by atoms with E-state index in [1.165, 1.54) is 5.56 Å². The van der Waals surface area contributed by atoms with Crippen molar-refractivity contribution in [1.29, 1.82) is 0 Å². The third-order valence-corrected chi connectivity index (χ3v) is 2.86. The zero-order valence-corrected chi connectivity index (χ0v) is 11.5. The molecule has 0 saturated carbocycles. The first-order chi connectivity index (χ1) is 8.54. The van der Waals surface area contributed by atoms with E-state index in [4.69, 9.17) is 9.47 Å². The molecule has 2 rings (SSSR count). The van der Waals surface area contributed by atoms with Crippen LogP contribution in [0.1, 0.15) is 38.2 Å². The molecule has 1 aromatic carbocycles. The van der Waals surface area contributed by atoms with Crippen molar-refractivity contribution in [2.45, 2.75) is 33.6 Å². The van der Waals surface area contributed by atoms with E-state index in [9.17, 15) is 0 Å². The van der Waals surface area contributed by atoms with E-state index < -0.39 is 0 Å². The van der Waals surface area contributed by atoms with Crippen LogP contribution in [0.2, 0.25) is 0 Å². The molecule has 1 fully saturated rings. The molecule has 1 aliphatic heterocycles. The lowest BCUT2D eigenvalue weighted by Crippen LogP contribution is -2.26. The molecule has 100 valence electrons. The fourth-order valence-electron chi connectivity index (χ4n) is 1.93. The predicted octanol–water partition coefficient (Wildman–Crippen LogP) is 2.87. The monoisotopic (exact) mass is 249 g/mol. The number of nitrogens with one attached hydrogen (secondary N) is 1. The van der Waals surface area contributed by atoms with E-state index >= 15 is 0 Å². The summed E-state index contributed by atoms with van der Waals surface area (Å²) in [6, 6.07) is 8.44. The summed E-state index contributed by atoms with van der Waals surface area (Å²) in [5.74, 6) is 0. The van der Waals surface area contributed by atoms with Crippen molar-refractivity contribution >= 4 is 0 Å². The third-order valence-electron chi connectivity index (χ3n) is 2.86. The summed E-state index contributed by atoms with van der Waals surface area (Å²) >= 11 is 0. The lowest BCUT2D eigenvalue weighted by molar-refractivity contribution is -0.0441. The zero-order valence-electron chi connectivity index (χ0n) is 11.5. The maximum atomic E-state index is 5.47. The van der Waals surface area contributed by atoms with Crippen molar-refractivity contribution < 1.29 is 9.47 Å². The first-order valence-corrected chi connectivity index (χ1v) is 6.57. The number of ether oxygens (including phenoxy) is 2. The minimum absolute atomic E-state index is 0.165. The standard InChI is InChI=1S/C15H23NO2/c1-15(2,3)11-16-10-12-4-6-13(7-5-12)14-17-8-9-18-14/h4-7,14,16H,8-11H2,1-3H3. The summed E-state index contributed by atoms with van der Waals surface area (Å²) < 4.78 is 10.9. The van der Waals surface area contributed by atoms with Gasteiger partial charge in [-0.2, -0.15) is 0 Å². The Hall–Kier alpha value is -0.900. The Morgan fingerprint density at radius 2 is 1.72 bits per heavy atom. The van der Waals surface area contributed by atoms with Crippen molar-refractivity contribution in [2.24, 2.45) is 5.41 Å². The van der Waals surface area contributed by atoms with E-state index in [0.29, 0.717) is 18.6 Å². The lowest BCUT2D eigenvalue weighted by Gasteiger charge is -2.19. The average Bonchev–Trinajstić information content (AvgIpc) is 2.82. The van der Waals surface area contributed by atoms with Gasteiger partial charge in [-0.1, -0.05) is 45.0 Å².